The van der Waals surface area contributed by atoms with Gasteiger partial charge in [-0.2, -0.15) is 0 Å². The summed E-state index contributed by atoms with van der Waals surface area (Å²) in [7, 11) is 0. The summed E-state index contributed by atoms with van der Waals surface area (Å²) in [6, 6.07) is 7.04. The van der Waals surface area contributed by atoms with E-state index in [9.17, 15) is 14.4 Å². The highest BCUT2D eigenvalue weighted by atomic mass is 16.4. The van der Waals surface area contributed by atoms with Crippen LogP contribution in [0.5, 0.6) is 0 Å². The molecule has 0 spiro atoms. The van der Waals surface area contributed by atoms with Crippen molar-refractivity contribution in [2.24, 2.45) is 17.8 Å². The van der Waals surface area contributed by atoms with Crippen LogP contribution >= 0.6 is 0 Å². The second-order valence-electron chi connectivity index (χ2n) is 6.38. The molecule has 0 saturated heterocycles. The van der Waals surface area contributed by atoms with E-state index in [0.29, 0.717) is 30.6 Å². The highest BCUT2D eigenvalue weighted by molar-refractivity contribution is 5.96. The van der Waals surface area contributed by atoms with E-state index in [-0.39, 0.29) is 23.7 Å². The van der Waals surface area contributed by atoms with Crippen LogP contribution in [0.1, 0.15) is 32.1 Å². The van der Waals surface area contributed by atoms with Crippen LogP contribution in [-0.4, -0.2) is 22.9 Å². The first-order chi connectivity index (χ1) is 11.0. The maximum atomic E-state index is 12.2. The molecule has 0 aliphatic heterocycles. The van der Waals surface area contributed by atoms with Gasteiger partial charge in [0.15, 0.2) is 0 Å². The zero-order chi connectivity index (χ0) is 16.4. The van der Waals surface area contributed by atoms with Gasteiger partial charge in [0.1, 0.15) is 0 Å². The van der Waals surface area contributed by atoms with Gasteiger partial charge < -0.3 is 15.7 Å². The fraction of sp³-hybridized carbons (Fsp3) is 0.471. The number of hydrogen-bond acceptors (Lipinski definition) is 3. The molecule has 0 heterocycles. The van der Waals surface area contributed by atoms with Gasteiger partial charge in [-0.15, -0.1) is 0 Å². The Hall–Kier alpha value is -2.37. The summed E-state index contributed by atoms with van der Waals surface area (Å²) in [6.45, 7) is 0. The lowest BCUT2D eigenvalue weighted by atomic mass is 10.0. The van der Waals surface area contributed by atoms with Gasteiger partial charge in [-0.3, -0.25) is 14.4 Å². The Morgan fingerprint density at radius 3 is 1.91 bits per heavy atom. The SMILES string of the molecule is O=C(Nc1cccc(NC(=O)[C@H]2CC[C@@H](C(=O)O)C2)c1)C1CC1. The molecule has 3 rings (SSSR count). The summed E-state index contributed by atoms with van der Waals surface area (Å²) in [5, 5.41) is 14.7. The summed E-state index contributed by atoms with van der Waals surface area (Å²) in [4.78, 5) is 35.0. The monoisotopic (exact) mass is 316 g/mol. The van der Waals surface area contributed by atoms with E-state index in [1.807, 2.05) is 0 Å². The molecule has 1 aromatic carbocycles. The lowest BCUT2D eigenvalue weighted by Gasteiger charge is -2.12. The molecule has 2 aliphatic rings. The van der Waals surface area contributed by atoms with Crippen LogP contribution in [0.25, 0.3) is 0 Å². The molecular weight excluding hydrogens is 296 g/mol. The number of carboxylic acid groups (broad SMARTS) is 1. The normalized spacial score (nSPS) is 23.3. The smallest absolute Gasteiger partial charge is 0.306 e. The van der Waals surface area contributed by atoms with Crippen molar-refractivity contribution in [2.45, 2.75) is 32.1 Å². The third-order valence-corrected chi connectivity index (χ3v) is 4.50. The minimum Gasteiger partial charge on any atom is -0.481 e. The molecule has 0 bridgehead atoms. The maximum Gasteiger partial charge on any atom is 0.306 e. The molecule has 1 aromatic rings. The molecule has 3 N–H and O–H groups in total. The van der Waals surface area contributed by atoms with Crippen LogP contribution in [0, 0.1) is 17.8 Å². The average Bonchev–Trinajstić information content (AvgIpc) is 3.24. The molecule has 2 saturated carbocycles. The number of amides is 2. The Morgan fingerprint density at radius 2 is 1.39 bits per heavy atom. The second-order valence-corrected chi connectivity index (χ2v) is 6.38. The fourth-order valence-electron chi connectivity index (χ4n) is 2.95. The second kappa shape index (κ2) is 6.40. The molecule has 23 heavy (non-hydrogen) atoms. The lowest BCUT2D eigenvalue weighted by molar-refractivity contribution is -0.141. The molecule has 6 nitrogen and oxygen atoms in total. The first-order valence-corrected chi connectivity index (χ1v) is 7.97. The maximum absolute atomic E-state index is 12.2. The molecule has 2 amide bonds. The number of hydrogen-bond donors (Lipinski definition) is 3. The Bertz CT molecular complexity index is 639. The molecule has 2 aliphatic carbocycles. The van der Waals surface area contributed by atoms with E-state index in [4.69, 9.17) is 5.11 Å². The van der Waals surface area contributed by atoms with Crippen molar-refractivity contribution < 1.29 is 19.5 Å². The van der Waals surface area contributed by atoms with Crippen LogP contribution in [0.4, 0.5) is 11.4 Å². The van der Waals surface area contributed by atoms with Gasteiger partial charge >= 0.3 is 5.97 Å². The average molecular weight is 316 g/mol. The van der Waals surface area contributed by atoms with Crippen LogP contribution < -0.4 is 10.6 Å². The first-order valence-electron chi connectivity index (χ1n) is 7.97. The summed E-state index contributed by atoms with van der Waals surface area (Å²) < 4.78 is 0. The van der Waals surface area contributed by atoms with E-state index >= 15 is 0 Å². The molecular formula is C17H20N2O4. The highest BCUT2D eigenvalue weighted by Crippen LogP contribution is 2.32. The molecule has 6 heteroatoms. The number of carbonyl (C=O) groups excluding carboxylic acids is 2. The number of nitrogens with one attached hydrogen (secondary N) is 2. The zero-order valence-electron chi connectivity index (χ0n) is 12.7. The van der Waals surface area contributed by atoms with Gasteiger partial charge in [0.2, 0.25) is 11.8 Å². The quantitative estimate of drug-likeness (QED) is 0.777. The summed E-state index contributed by atoms with van der Waals surface area (Å²) in [5.74, 6) is -1.52. The van der Waals surface area contributed by atoms with Crippen molar-refractivity contribution in [3.05, 3.63) is 24.3 Å². The van der Waals surface area contributed by atoms with Crippen molar-refractivity contribution >= 4 is 29.2 Å². The van der Waals surface area contributed by atoms with Crippen LogP contribution in [0.15, 0.2) is 24.3 Å². The third kappa shape index (κ3) is 3.88. The molecule has 2 fully saturated rings. The van der Waals surface area contributed by atoms with Crippen molar-refractivity contribution in [1.29, 1.82) is 0 Å². The van der Waals surface area contributed by atoms with Gasteiger partial charge in [-0.05, 0) is 50.3 Å². The van der Waals surface area contributed by atoms with E-state index in [2.05, 4.69) is 10.6 Å². The number of carbonyl (C=O) groups is 3. The number of anilines is 2. The van der Waals surface area contributed by atoms with Crippen molar-refractivity contribution in [2.75, 3.05) is 10.6 Å². The Balaban J connectivity index is 1.58. The molecule has 0 aromatic heterocycles. The predicted molar refractivity (Wildman–Crippen MR) is 84.9 cm³/mol. The number of benzene rings is 1. The largest absolute Gasteiger partial charge is 0.481 e. The summed E-state index contributed by atoms with van der Waals surface area (Å²) in [5.41, 5.74) is 1.27. The van der Waals surface area contributed by atoms with E-state index in [0.717, 1.165) is 12.8 Å². The van der Waals surface area contributed by atoms with Gasteiger partial charge in [0.05, 0.1) is 5.92 Å². The third-order valence-electron chi connectivity index (χ3n) is 4.50. The van der Waals surface area contributed by atoms with E-state index < -0.39 is 11.9 Å². The first kappa shape index (κ1) is 15.5. The van der Waals surface area contributed by atoms with Gasteiger partial charge in [-0.25, -0.2) is 0 Å². The Morgan fingerprint density at radius 1 is 0.870 bits per heavy atom. The number of aliphatic carboxylic acids is 1. The minimum absolute atomic E-state index is 0.0218. The highest BCUT2D eigenvalue weighted by Gasteiger charge is 2.34. The molecule has 0 radical (unpaired) electrons. The topological polar surface area (TPSA) is 95.5 Å². The fourth-order valence-corrected chi connectivity index (χ4v) is 2.95. The van der Waals surface area contributed by atoms with E-state index in [1.165, 1.54) is 0 Å². The number of carboxylic acids is 1. The minimum atomic E-state index is -0.829. The molecule has 2 atom stereocenters. The molecule has 122 valence electrons. The van der Waals surface area contributed by atoms with E-state index in [1.54, 1.807) is 24.3 Å². The summed E-state index contributed by atoms with van der Waals surface area (Å²) in [6.07, 6.45) is 3.41. The van der Waals surface area contributed by atoms with Crippen molar-refractivity contribution in [1.82, 2.24) is 0 Å². The standard InChI is InChI=1S/C17H20N2O4/c20-15(10-4-5-10)18-13-2-1-3-14(9-13)19-16(21)11-6-7-12(8-11)17(22)23/h1-3,9-12H,4-8H2,(H,18,20)(H,19,21)(H,22,23)/t11-,12+/m0/s1. The summed E-state index contributed by atoms with van der Waals surface area (Å²) >= 11 is 0. The zero-order valence-corrected chi connectivity index (χ0v) is 12.7. The predicted octanol–water partition coefficient (Wildman–Crippen LogP) is 2.47. The lowest BCUT2D eigenvalue weighted by Crippen LogP contribution is -2.22. The van der Waals surface area contributed by atoms with Crippen LogP contribution in [0.3, 0.4) is 0 Å². The molecule has 0 unspecified atom stereocenters. The Labute approximate surface area is 134 Å². The van der Waals surface area contributed by atoms with Crippen LogP contribution in [0.2, 0.25) is 0 Å². The van der Waals surface area contributed by atoms with Crippen LogP contribution in [-0.2, 0) is 14.4 Å². The van der Waals surface area contributed by atoms with Crippen molar-refractivity contribution in [3.63, 3.8) is 0 Å². The van der Waals surface area contributed by atoms with Gasteiger partial charge in [0, 0.05) is 23.2 Å². The van der Waals surface area contributed by atoms with Crippen molar-refractivity contribution in [3.8, 4) is 0 Å². The number of rotatable bonds is 5. The van der Waals surface area contributed by atoms with Gasteiger partial charge in [0.25, 0.3) is 0 Å². The Kier molecular flexibility index (Phi) is 4.32. The van der Waals surface area contributed by atoms with Gasteiger partial charge in [-0.1, -0.05) is 6.07 Å².